The van der Waals surface area contributed by atoms with Crippen LogP contribution in [0.25, 0.3) is 0 Å². The quantitative estimate of drug-likeness (QED) is 0.545. The fourth-order valence-corrected chi connectivity index (χ4v) is 1.40. The summed E-state index contributed by atoms with van der Waals surface area (Å²) in [4.78, 5) is 20.9. The first kappa shape index (κ1) is 13.9. The molecule has 0 atom stereocenters. The molecule has 7 heteroatoms. The molecule has 3 N–H and O–H groups in total. The van der Waals surface area contributed by atoms with Gasteiger partial charge < -0.3 is 15.8 Å². The first-order valence-electron chi connectivity index (χ1n) is 5.37. The second-order valence-electron chi connectivity index (χ2n) is 3.65. The van der Waals surface area contributed by atoms with E-state index in [1.165, 1.54) is 6.07 Å². The van der Waals surface area contributed by atoms with Crippen LogP contribution in [0, 0.1) is 10.1 Å². The summed E-state index contributed by atoms with van der Waals surface area (Å²) in [5.41, 5.74) is 5.70. The van der Waals surface area contributed by atoms with Crippen molar-refractivity contribution in [3.05, 3.63) is 33.9 Å². The molecule has 0 bridgehead atoms. The lowest BCUT2D eigenvalue weighted by atomic mass is 10.2. The zero-order valence-electron chi connectivity index (χ0n) is 10.0. The van der Waals surface area contributed by atoms with Crippen LogP contribution in [0.1, 0.15) is 12.0 Å². The van der Waals surface area contributed by atoms with Crippen LogP contribution in [0.15, 0.2) is 18.2 Å². The zero-order valence-corrected chi connectivity index (χ0v) is 10.0. The van der Waals surface area contributed by atoms with Crippen molar-refractivity contribution in [2.45, 2.75) is 13.0 Å². The topological polar surface area (TPSA) is 107 Å². The molecule has 0 aliphatic heterocycles. The molecule has 0 fully saturated rings. The fraction of sp³-hybridized carbons (Fsp3) is 0.364. The summed E-state index contributed by atoms with van der Waals surface area (Å²) in [6.07, 6.45) is 0.0212. The molecule has 18 heavy (non-hydrogen) atoms. The Bertz CT molecular complexity index is 448. The Balaban J connectivity index is 2.85. The highest BCUT2D eigenvalue weighted by molar-refractivity contribution is 5.73. The summed E-state index contributed by atoms with van der Waals surface area (Å²) in [5, 5.41) is 13.7. The van der Waals surface area contributed by atoms with E-state index in [2.05, 4.69) is 5.32 Å². The third kappa shape index (κ3) is 4.02. The van der Waals surface area contributed by atoms with Crippen LogP contribution >= 0.6 is 0 Å². The van der Waals surface area contributed by atoms with Crippen molar-refractivity contribution >= 4 is 11.6 Å². The summed E-state index contributed by atoms with van der Waals surface area (Å²) in [6, 6.07) is 4.61. The number of rotatable bonds is 7. The molecular weight excluding hydrogens is 238 g/mol. The highest BCUT2D eigenvalue weighted by Gasteiger charge is 2.15. The number of ether oxygens (including phenoxy) is 1. The number of hydrogen-bond acceptors (Lipinski definition) is 5. The molecule has 0 saturated heterocycles. The van der Waals surface area contributed by atoms with E-state index in [1.807, 2.05) is 0 Å². The van der Waals surface area contributed by atoms with E-state index >= 15 is 0 Å². The maximum atomic E-state index is 10.8. The van der Waals surface area contributed by atoms with Crippen molar-refractivity contribution in [3.8, 4) is 5.75 Å². The van der Waals surface area contributed by atoms with Gasteiger partial charge in [0.15, 0.2) is 5.75 Å². The normalized spacial score (nSPS) is 10.1. The molecule has 1 aromatic rings. The van der Waals surface area contributed by atoms with E-state index in [4.69, 9.17) is 10.5 Å². The summed E-state index contributed by atoms with van der Waals surface area (Å²) in [6.45, 7) is 0.601. The van der Waals surface area contributed by atoms with Crippen LogP contribution in [0.3, 0.4) is 0 Å². The van der Waals surface area contributed by atoms with Crippen molar-refractivity contribution in [2.24, 2.45) is 5.73 Å². The van der Waals surface area contributed by atoms with E-state index < -0.39 is 10.8 Å². The van der Waals surface area contributed by atoms with Gasteiger partial charge in [0.05, 0.1) is 18.0 Å². The second kappa shape index (κ2) is 6.55. The molecule has 0 aliphatic carbocycles. The maximum absolute atomic E-state index is 10.8. The fourth-order valence-electron chi connectivity index (χ4n) is 1.40. The maximum Gasteiger partial charge on any atom is 0.310 e. The van der Waals surface area contributed by atoms with Crippen LogP contribution in [-0.2, 0) is 11.3 Å². The molecule has 7 nitrogen and oxygen atoms in total. The lowest BCUT2D eigenvalue weighted by Crippen LogP contribution is -2.15. The molecule has 0 unspecified atom stereocenters. The summed E-state index contributed by atoms with van der Waals surface area (Å²) >= 11 is 0. The Morgan fingerprint density at radius 1 is 1.56 bits per heavy atom. The van der Waals surface area contributed by atoms with Crippen LogP contribution < -0.4 is 15.8 Å². The summed E-state index contributed by atoms with van der Waals surface area (Å²) in [5.74, 6) is -0.363. The highest BCUT2D eigenvalue weighted by atomic mass is 16.6. The molecule has 1 aromatic carbocycles. The van der Waals surface area contributed by atoms with Crippen LogP contribution in [-0.4, -0.2) is 24.5 Å². The molecule has 0 aromatic heterocycles. The number of nitro benzene ring substituents is 1. The number of nitrogens with zero attached hydrogens (tertiary/aromatic N) is 1. The Morgan fingerprint density at radius 3 is 2.83 bits per heavy atom. The first-order chi connectivity index (χ1) is 8.54. The Hall–Kier alpha value is -2.15. The average molecular weight is 253 g/mol. The van der Waals surface area contributed by atoms with Crippen molar-refractivity contribution in [3.63, 3.8) is 0 Å². The molecule has 0 heterocycles. The third-order valence-electron chi connectivity index (χ3n) is 2.21. The van der Waals surface area contributed by atoms with E-state index in [0.717, 1.165) is 5.56 Å². The van der Waals surface area contributed by atoms with Gasteiger partial charge in [-0.15, -0.1) is 0 Å². The van der Waals surface area contributed by atoms with E-state index in [9.17, 15) is 14.9 Å². The van der Waals surface area contributed by atoms with Crippen LogP contribution in [0.2, 0.25) is 0 Å². The molecule has 0 aliphatic rings. The van der Waals surface area contributed by atoms with E-state index in [-0.39, 0.29) is 24.5 Å². The zero-order chi connectivity index (χ0) is 13.5. The molecule has 98 valence electrons. The highest BCUT2D eigenvalue weighted by Crippen LogP contribution is 2.28. The SMILES string of the molecule is CNCc1ccc([N+](=O)[O-])c(OCCC(N)=O)c1. The van der Waals surface area contributed by atoms with Gasteiger partial charge >= 0.3 is 5.69 Å². The Kier molecular flexibility index (Phi) is 5.06. The van der Waals surface area contributed by atoms with Gasteiger partial charge in [-0.3, -0.25) is 14.9 Å². The van der Waals surface area contributed by atoms with Gasteiger partial charge in [0.25, 0.3) is 0 Å². The smallest absolute Gasteiger partial charge is 0.310 e. The lowest BCUT2D eigenvalue weighted by Gasteiger charge is -2.07. The predicted octanol–water partition coefficient (Wildman–Crippen LogP) is 0.568. The van der Waals surface area contributed by atoms with Crippen molar-refractivity contribution in [1.82, 2.24) is 5.32 Å². The number of nitrogens with two attached hydrogens (primary N) is 1. The van der Waals surface area contributed by atoms with Gasteiger partial charge in [-0.25, -0.2) is 0 Å². The van der Waals surface area contributed by atoms with E-state index in [0.29, 0.717) is 6.54 Å². The van der Waals surface area contributed by atoms with Crippen molar-refractivity contribution in [2.75, 3.05) is 13.7 Å². The van der Waals surface area contributed by atoms with Gasteiger partial charge in [-0.05, 0) is 18.7 Å². The van der Waals surface area contributed by atoms with Crippen molar-refractivity contribution in [1.29, 1.82) is 0 Å². The van der Waals surface area contributed by atoms with Gasteiger partial charge in [-0.1, -0.05) is 6.07 Å². The van der Waals surface area contributed by atoms with Gasteiger partial charge in [0.2, 0.25) is 5.91 Å². The number of amides is 1. The minimum Gasteiger partial charge on any atom is -0.486 e. The predicted molar refractivity (Wildman–Crippen MR) is 65.2 cm³/mol. The minimum atomic E-state index is -0.525. The number of benzene rings is 1. The van der Waals surface area contributed by atoms with Gasteiger partial charge in [0.1, 0.15) is 0 Å². The number of carbonyl (C=O) groups is 1. The molecule has 0 radical (unpaired) electrons. The third-order valence-corrected chi connectivity index (χ3v) is 2.21. The lowest BCUT2D eigenvalue weighted by molar-refractivity contribution is -0.385. The molecule has 1 amide bonds. The number of carbonyl (C=O) groups excluding carboxylic acids is 1. The van der Waals surface area contributed by atoms with Gasteiger partial charge in [0, 0.05) is 12.6 Å². The van der Waals surface area contributed by atoms with E-state index in [1.54, 1.807) is 19.2 Å². The minimum absolute atomic E-state index is 0.0212. The number of nitro groups is 1. The second-order valence-corrected chi connectivity index (χ2v) is 3.65. The monoisotopic (exact) mass is 253 g/mol. The number of primary amides is 1. The van der Waals surface area contributed by atoms with Crippen molar-refractivity contribution < 1.29 is 14.5 Å². The summed E-state index contributed by atoms with van der Waals surface area (Å²) < 4.78 is 5.23. The molecule has 1 rings (SSSR count). The largest absolute Gasteiger partial charge is 0.486 e. The van der Waals surface area contributed by atoms with Crippen LogP contribution in [0.5, 0.6) is 5.75 Å². The first-order valence-corrected chi connectivity index (χ1v) is 5.37. The van der Waals surface area contributed by atoms with Crippen LogP contribution in [0.4, 0.5) is 5.69 Å². The Labute approximate surface area is 104 Å². The number of nitrogens with one attached hydrogen (secondary N) is 1. The standard InChI is InChI=1S/C11H15N3O4/c1-13-7-8-2-3-9(14(16)17)10(6-8)18-5-4-11(12)15/h2-3,6,13H,4-5,7H2,1H3,(H2,12,15). The Morgan fingerprint density at radius 2 is 2.28 bits per heavy atom. The molecular formula is C11H15N3O4. The number of hydrogen-bond donors (Lipinski definition) is 2. The molecule has 0 saturated carbocycles. The molecule has 0 spiro atoms. The summed E-state index contributed by atoms with van der Waals surface area (Å²) in [7, 11) is 1.77. The van der Waals surface area contributed by atoms with Gasteiger partial charge in [-0.2, -0.15) is 0 Å². The average Bonchev–Trinajstić information content (AvgIpc) is 2.29.